The largest absolute Gasteiger partial charge is 0.478 e. The van der Waals surface area contributed by atoms with Gasteiger partial charge in [-0.1, -0.05) is 0 Å². The van der Waals surface area contributed by atoms with Crippen molar-refractivity contribution in [1.82, 2.24) is 9.97 Å². The molecule has 0 aliphatic rings. The van der Waals surface area contributed by atoms with Crippen molar-refractivity contribution in [2.75, 3.05) is 12.8 Å². The van der Waals surface area contributed by atoms with E-state index in [-0.39, 0.29) is 17.4 Å². The van der Waals surface area contributed by atoms with Crippen LogP contribution >= 0.6 is 0 Å². The van der Waals surface area contributed by atoms with Crippen LogP contribution in [0.15, 0.2) is 6.20 Å². The summed E-state index contributed by atoms with van der Waals surface area (Å²) in [6.45, 7) is 5.31. The van der Waals surface area contributed by atoms with E-state index in [1.54, 1.807) is 20.8 Å². The van der Waals surface area contributed by atoms with Gasteiger partial charge in [0.2, 0.25) is 0 Å². The third-order valence-corrected chi connectivity index (χ3v) is 1.57. The molecule has 0 spiro atoms. The minimum atomic E-state index is -0.576. The molecular formula is C10H15N3O3. The summed E-state index contributed by atoms with van der Waals surface area (Å²) in [6, 6.07) is 0. The molecule has 1 rings (SSSR count). The van der Waals surface area contributed by atoms with Crippen LogP contribution in [0.3, 0.4) is 0 Å². The molecule has 1 aromatic heterocycles. The Balaban J connectivity index is 2.93. The lowest BCUT2D eigenvalue weighted by atomic mass is 10.2. The number of anilines is 1. The zero-order chi connectivity index (χ0) is 12.3. The number of ether oxygens (including phenoxy) is 2. The van der Waals surface area contributed by atoms with E-state index in [2.05, 4.69) is 9.97 Å². The number of nitrogen functional groups attached to an aromatic ring is 1. The standard InChI is InChI=1S/C10H15N3O3/c1-10(2,3)16-9(14)6-5-12-7(11)8(13-6)15-4/h5H,1-4H3,(H2,11,12). The van der Waals surface area contributed by atoms with Gasteiger partial charge in [-0.15, -0.1) is 0 Å². The molecule has 0 aliphatic carbocycles. The molecule has 6 heteroatoms. The fourth-order valence-electron chi connectivity index (χ4n) is 0.960. The maximum absolute atomic E-state index is 11.6. The van der Waals surface area contributed by atoms with E-state index < -0.39 is 11.6 Å². The third kappa shape index (κ3) is 3.08. The zero-order valence-corrected chi connectivity index (χ0v) is 9.77. The van der Waals surface area contributed by atoms with Crippen LogP contribution in [-0.4, -0.2) is 28.6 Å². The summed E-state index contributed by atoms with van der Waals surface area (Å²) in [5.41, 5.74) is 4.97. The van der Waals surface area contributed by atoms with Crippen LogP contribution in [0.4, 0.5) is 5.82 Å². The average Bonchev–Trinajstić information content (AvgIpc) is 2.15. The van der Waals surface area contributed by atoms with Crippen molar-refractivity contribution in [2.24, 2.45) is 0 Å². The maximum Gasteiger partial charge on any atom is 0.359 e. The van der Waals surface area contributed by atoms with Crippen LogP contribution < -0.4 is 10.5 Å². The summed E-state index contributed by atoms with van der Waals surface area (Å²) < 4.78 is 9.98. The summed E-state index contributed by atoms with van der Waals surface area (Å²) in [5, 5.41) is 0. The number of carbonyl (C=O) groups excluding carboxylic acids is 1. The minimum absolute atomic E-state index is 0.0703. The Kier molecular flexibility index (Phi) is 3.31. The highest BCUT2D eigenvalue weighted by Gasteiger charge is 2.20. The molecule has 1 heterocycles. The Hall–Kier alpha value is -1.85. The van der Waals surface area contributed by atoms with Gasteiger partial charge in [0.1, 0.15) is 5.60 Å². The van der Waals surface area contributed by atoms with Gasteiger partial charge in [0, 0.05) is 0 Å². The molecule has 0 radical (unpaired) electrons. The van der Waals surface area contributed by atoms with Crippen molar-refractivity contribution in [2.45, 2.75) is 26.4 Å². The molecule has 2 N–H and O–H groups in total. The SMILES string of the molecule is COc1nc(C(=O)OC(C)(C)C)cnc1N. The Morgan fingerprint density at radius 3 is 2.56 bits per heavy atom. The molecule has 1 aromatic rings. The summed E-state index contributed by atoms with van der Waals surface area (Å²) >= 11 is 0. The third-order valence-electron chi connectivity index (χ3n) is 1.57. The smallest absolute Gasteiger partial charge is 0.359 e. The molecule has 0 saturated heterocycles. The lowest BCUT2D eigenvalue weighted by Crippen LogP contribution is -2.24. The summed E-state index contributed by atoms with van der Waals surface area (Å²) in [7, 11) is 1.40. The number of hydrogen-bond acceptors (Lipinski definition) is 6. The Labute approximate surface area is 93.8 Å². The van der Waals surface area contributed by atoms with E-state index >= 15 is 0 Å². The number of hydrogen-bond donors (Lipinski definition) is 1. The fraction of sp³-hybridized carbons (Fsp3) is 0.500. The van der Waals surface area contributed by atoms with E-state index in [9.17, 15) is 4.79 Å². The van der Waals surface area contributed by atoms with Crippen LogP contribution in [0.25, 0.3) is 0 Å². The molecule has 0 bridgehead atoms. The average molecular weight is 225 g/mol. The predicted octanol–water partition coefficient (Wildman–Crippen LogP) is 1.02. The quantitative estimate of drug-likeness (QED) is 0.756. The molecule has 0 atom stereocenters. The number of nitrogens with two attached hydrogens (primary N) is 1. The molecule has 16 heavy (non-hydrogen) atoms. The van der Waals surface area contributed by atoms with Gasteiger partial charge in [-0.05, 0) is 20.8 Å². The lowest BCUT2D eigenvalue weighted by Gasteiger charge is -2.19. The minimum Gasteiger partial charge on any atom is -0.478 e. The van der Waals surface area contributed by atoms with Gasteiger partial charge in [-0.2, -0.15) is 0 Å². The fourth-order valence-corrected chi connectivity index (χ4v) is 0.960. The molecule has 0 fully saturated rings. The predicted molar refractivity (Wildman–Crippen MR) is 58.2 cm³/mol. The van der Waals surface area contributed by atoms with Gasteiger partial charge >= 0.3 is 5.97 Å². The van der Waals surface area contributed by atoms with Crippen LogP contribution in [-0.2, 0) is 4.74 Å². The molecule has 6 nitrogen and oxygen atoms in total. The number of aromatic nitrogens is 2. The van der Waals surface area contributed by atoms with Crippen molar-refractivity contribution < 1.29 is 14.3 Å². The van der Waals surface area contributed by atoms with Gasteiger partial charge in [-0.25, -0.2) is 14.8 Å². The van der Waals surface area contributed by atoms with Crippen LogP contribution in [0.2, 0.25) is 0 Å². The first kappa shape index (κ1) is 12.2. The van der Waals surface area contributed by atoms with E-state index in [4.69, 9.17) is 15.2 Å². The Bertz CT molecular complexity index is 399. The molecule has 0 aromatic carbocycles. The molecule has 88 valence electrons. The van der Waals surface area contributed by atoms with Gasteiger partial charge < -0.3 is 15.2 Å². The van der Waals surface area contributed by atoms with Crippen LogP contribution in [0.5, 0.6) is 5.88 Å². The molecule has 0 amide bonds. The second-order valence-electron chi connectivity index (χ2n) is 4.15. The van der Waals surface area contributed by atoms with E-state index in [1.165, 1.54) is 13.3 Å². The Morgan fingerprint density at radius 2 is 2.06 bits per heavy atom. The number of rotatable bonds is 2. The van der Waals surface area contributed by atoms with Crippen molar-refractivity contribution in [3.63, 3.8) is 0 Å². The first-order valence-electron chi connectivity index (χ1n) is 4.73. The first-order valence-corrected chi connectivity index (χ1v) is 4.73. The number of nitrogens with zero attached hydrogens (tertiary/aromatic N) is 2. The van der Waals surface area contributed by atoms with E-state index in [0.29, 0.717) is 0 Å². The van der Waals surface area contributed by atoms with Crippen LogP contribution in [0, 0.1) is 0 Å². The lowest BCUT2D eigenvalue weighted by molar-refractivity contribution is 0.00616. The van der Waals surface area contributed by atoms with Crippen LogP contribution in [0.1, 0.15) is 31.3 Å². The van der Waals surface area contributed by atoms with Crippen molar-refractivity contribution >= 4 is 11.8 Å². The first-order chi connectivity index (χ1) is 7.33. The van der Waals surface area contributed by atoms with E-state index in [0.717, 1.165) is 0 Å². The highest BCUT2D eigenvalue weighted by Crippen LogP contribution is 2.16. The van der Waals surface area contributed by atoms with Gasteiger partial charge in [0.15, 0.2) is 11.5 Å². The summed E-state index contributed by atoms with van der Waals surface area (Å²) in [6.07, 6.45) is 1.26. The topological polar surface area (TPSA) is 87.3 Å². The summed E-state index contributed by atoms with van der Waals surface area (Å²) in [5.74, 6) is -0.309. The Morgan fingerprint density at radius 1 is 1.44 bits per heavy atom. The second-order valence-corrected chi connectivity index (χ2v) is 4.15. The van der Waals surface area contributed by atoms with Gasteiger partial charge in [0.25, 0.3) is 5.88 Å². The van der Waals surface area contributed by atoms with E-state index in [1.807, 2.05) is 0 Å². The van der Waals surface area contributed by atoms with Crippen molar-refractivity contribution in [1.29, 1.82) is 0 Å². The normalized spacial score (nSPS) is 11.0. The number of esters is 1. The van der Waals surface area contributed by atoms with Crippen molar-refractivity contribution in [3.05, 3.63) is 11.9 Å². The maximum atomic E-state index is 11.6. The molecular weight excluding hydrogens is 210 g/mol. The highest BCUT2D eigenvalue weighted by atomic mass is 16.6. The van der Waals surface area contributed by atoms with Crippen molar-refractivity contribution in [3.8, 4) is 5.88 Å². The molecule has 0 saturated carbocycles. The molecule has 0 aliphatic heterocycles. The van der Waals surface area contributed by atoms with Gasteiger partial charge in [-0.3, -0.25) is 0 Å². The monoisotopic (exact) mass is 225 g/mol. The number of methoxy groups -OCH3 is 1. The highest BCUT2D eigenvalue weighted by molar-refractivity contribution is 5.87. The van der Waals surface area contributed by atoms with Gasteiger partial charge in [0.05, 0.1) is 13.3 Å². The summed E-state index contributed by atoms with van der Waals surface area (Å²) in [4.78, 5) is 19.3. The number of carbonyl (C=O) groups is 1. The zero-order valence-electron chi connectivity index (χ0n) is 9.77. The molecule has 0 unspecified atom stereocenters. The second kappa shape index (κ2) is 4.34.